The minimum atomic E-state index is 0.154. The van der Waals surface area contributed by atoms with Gasteiger partial charge in [-0.05, 0) is 31.5 Å². The van der Waals surface area contributed by atoms with E-state index in [-0.39, 0.29) is 12.1 Å². The number of benzene rings is 1. The molecule has 0 amide bonds. The summed E-state index contributed by atoms with van der Waals surface area (Å²) in [5.74, 6) is 1.93. The van der Waals surface area contributed by atoms with Crippen molar-refractivity contribution in [1.29, 1.82) is 0 Å². The molecule has 5 heteroatoms. The second-order valence-corrected chi connectivity index (χ2v) is 4.63. The fraction of sp³-hybridized carbons (Fsp3) is 0.600. The molecule has 1 rings (SSSR count). The van der Waals surface area contributed by atoms with Crippen LogP contribution >= 0.6 is 0 Å². The molecule has 1 aromatic carbocycles. The van der Waals surface area contributed by atoms with Gasteiger partial charge in [0.25, 0.3) is 0 Å². The highest BCUT2D eigenvalue weighted by Gasteiger charge is 2.16. The summed E-state index contributed by atoms with van der Waals surface area (Å²) in [7, 11) is 6.54. The van der Waals surface area contributed by atoms with Gasteiger partial charge >= 0.3 is 0 Å². The topological polar surface area (TPSA) is 49.0 Å². The number of nitrogens with one attached hydrogen (secondary N) is 1. The lowest BCUT2D eigenvalue weighted by molar-refractivity contribution is 0.115. The lowest BCUT2D eigenvalue weighted by Crippen LogP contribution is -2.28. The predicted octanol–water partition coefficient (Wildman–Crippen LogP) is 2.40. The first-order chi connectivity index (χ1) is 9.57. The Morgan fingerprint density at radius 1 is 0.950 bits per heavy atom. The highest BCUT2D eigenvalue weighted by Crippen LogP contribution is 2.39. The normalized spacial score (nSPS) is 13.7. The first-order valence-corrected chi connectivity index (χ1v) is 6.63. The monoisotopic (exact) mass is 283 g/mol. The van der Waals surface area contributed by atoms with E-state index in [1.54, 1.807) is 28.4 Å². The largest absolute Gasteiger partial charge is 0.493 e. The average molecular weight is 283 g/mol. The molecule has 0 heterocycles. The molecule has 1 aromatic rings. The smallest absolute Gasteiger partial charge is 0.203 e. The van der Waals surface area contributed by atoms with Gasteiger partial charge in [-0.15, -0.1) is 0 Å². The third kappa shape index (κ3) is 4.02. The first kappa shape index (κ1) is 16.6. The van der Waals surface area contributed by atoms with Crippen molar-refractivity contribution < 1.29 is 18.9 Å². The molecule has 0 bridgehead atoms. The maximum Gasteiger partial charge on any atom is 0.203 e. The Hall–Kier alpha value is -1.46. The van der Waals surface area contributed by atoms with Crippen molar-refractivity contribution in [1.82, 2.24) is 5.32 Å². The third-order valence-electron chi connectivity index (χ3n) is 3.30. The van der Waals surface area contributed by atoms with Crippen molar-refractivity contribution in [3.05, 3.63) is 17.7 Å². The molecule has 2 unspecified atom stereocenters. The Morgan fingerprint density at radius 2 is 1.50 bits per heavy atom. The van der Waals surface area contributed by atoms with Gasteiger partial charge < -0.3 is 24.3 Å². The number of hydrogen-bond donors (Lipinski definition) is 1. The molecule has 0 spiro atoms. The van der Waals surface area contributed by atoms with Gasteiger partial charge in [-0.3, -0.25) is 0 Å². The van der Waals surface area contributed by atoms with Gasteiger partial charge in [-0.25, -0.2) is 0 Å². The molecular formula is C15H25NO4. The van der Waals surface area contributed by atoms with E-state index in [4.69, 9.17) is 18.9 Å². The van der Waals surface area contributed by atoms with E-state index in [1.165, 1.54) is 0 Å². The summed E-state index contributed by atoms with van der Waals surface area (Å²) >= 11 is 0. The molecule has 0 aliphatic rings. The van der Waals surface area contributed by atoms with E-state index < -0.39 is 0 Å². The second kappa shape index (κ2) is 7.97. The van der Waals surface area contributed by atoms with Crippen molar-refractivity contribution in [3.63, 3.8) is 0 Å². The summed E-state index contributed by atoms with van der Waals surface area (Å²) in [5.41, 5.74) is 1.07. The highest BCUT2D eigenvalue weighted by molar-refractivity contribution is 5.54. The van der Waals surface area contributed by atoms with E-state index in [0.717, 1.165) is 12.1 Å². The standard InChI is InChI=1S/C15H25NO4/c1-10(17-3)9-16-11(2)12-7-13(18-4)15(20-6)14(8-12)19-5/h7-8,10-11,16H,9H2,1-6H3. The Kier molecular flexibility index (Phi) is 6.61. The maximum absolute atomic E-state index is 5.36. The molecule has 0 aliphatic carbocycles. The van der Waals surface area contributed by atoms with Crippen LogP contribution in [0.25, 0.3) is 0 Å². The lowest BCUT2D eigenvalue weighted by Gasteiger charge is -2.20. The maximum atomic E-state index is 5.36. The minimum Gasteiger partial charge on any atom is -0.493 e. The zero-order chi connectivity index (χ0) is 15.1. The number of rotatable bonds is 8. The minimum absolute atomic E-state index is 0.154. The van der Waals surface area contributed by atoms with Crippen LogP contribution in [0.3, 0.4) is 0 Å². The molecule has 0 saturated heterocycles. The predicted molar refractivity (Wildman–Crippen MR) is 79.0 cm³/mol. The van der Waals surface area contributed by atoms with Crippen molar-refractivity contribution >= 4 is 0 Å². The Labute approximate surface area is 121 Å². The van der Waals surface area contributed by atoms with Crippen molar-refractivity contribution in [2.75, 3.05) is 35.0 Å². The number of hydrogen-bond acceptors (Lipinski definition) is 5. The van der Waals surface area contributed by atoms with E-state index in [2.05, 4.69) is 12.2 Å². The van der Waals surface area contributed by atoms with Crippen LogP contribution in [-0.2, 0) is 4.74 Å². The number of methoxy groups -OCH3 is 4. The van der Waals surface area contributed by atoms with Crippen LogP contribution in [0.4, 0.5) is 0 Å². The van der Waals surface area contributed by atoms with Gasteiger partial charge in [0.1, 0.15) is 0 Å². The average Bonchev–Trinajstić information content (AvgIpc) is 2.50. The first-order valence-electron chi connectivity index (χ1n) is 6.63. The zero-order valence-corrected chi connectivity index (χ0v) is 13.1. The molecule has 0 aromatic heterocycles. The summed E-state index contributed by atoms with van der Waals surface area (Å²) < 4.78 is 21.3. The fourth-order valence-corrected chi connectivity index (χ4v) is 1.90. The SMILES string of the molecule is COc1cc(C(C)NCC(C)OC)cc(OC)c1OC. The summed E-state index contributed by atoms with van der Waals surface area (Å²) in [5, 5.41) is 3.41. The van der Waals surface area contributed by atoms with Crippen molar-refractivity contribution in [2.45, 2.75) is 26.0 Å². The molecule has 114 valence electrons. The molecule has 0 radical (unpaired) electrons. The molecule has 0 fully saturated rings. The molecule has 1 N–H and O–H groups in total. The van der Waals surface area contributed by atoms with Gasteiger partial charge in [0.15, 0.2) is 11.5 Å². The van der Waals surface area contributed by atoms with Gasteiger partial charge in [-0.1, -0.05) is 0 Å². The van der Waals surface area contributed by atoms with Gasteiger partial charge in [0, 0.05) is 19.7 Å². The van der Waals surface area contributed by atoms with Gasteiger partial charge in [-0.2, -0.15) is 0 Å². The van der Waals surface area contributed by atoms with Crippen LogP contribution in [0.2, 0.25) is 0 Å². The van der Waals surface area contributed by atoms with Crippen LogP contribution in [0, 0.1) is 0 Å². The van der Waals surface area contributed by atoms with Crippen LogP contribution in [-0.4, -0.2) is 41.1 Å². The molecule has 0 aliphatic heterocycles. The van der Waals surface area contributed by atoms with Crippen LogP contribution in [0.1, 0.15) is 25.5 Å². The van der Waals surface area contributed by atoms with E-state index in [0.29, 0.717) is 17.2 Å². The molecule has 0 saturated carbocycles. The summed E-state index contributed by atoms with van der Waals surface area (Å²) in [4.78, 5) is 0. The van der Waals surface area contributed by atoms with Crippen LogP contribution < -0.4 is 19.5 Å². The fourth-order valence-electron chi connectivity index (χ4n) is 1.90. The Bertz CT molecular complexity index is 397. The van der Waals surface area contributed by atoms with Crippen LogP contribution in [0.5, 0.6) is 17.2 Å². The van der Waals surface area contributed by atoms with Crippen LogP contribution in [0.15, 0.2) is 12.1 Å². The second-order valence-electron chi connectivity index (χ2n) is 4.63. The molecule has 5 nitrogen and oxygen atoms in total. The van der Waals surface area contributed by atoms with Crippen molar-refractivity contribution in [2.24, 2.45) is 0 Å². The lowest BCUT2D eigenvalue weighted by atomic mass is 10.1. The Balaban J connectivity index is 2.94. The van der Waals surface area contributed by atoms with E-state index in [1.807, 2.05) is 19.1 Å². The zero-order valence-electron chi connectivity index (χ0n) is 13.1. The Morgan fingerprint density at radius 3 is 1.90 bits per heavy atom. The summed E-state index contributed by atoms with van der Waals surface area (Å²) in [6.07, 6.45) is 0.166. The van der Waals surface area contributed by atoms with E-state index >= 15 is 0 Å². The quantitative estimate of drug-likeness (QED) is 0.794. The summed E-state index contributed by atoms with van der Waals surface area (Å²) in [6.45, 7) is 4.88. The van der Waals surface area contributed by atoms with Gasteiger partial charge in [0.05, 0.1) is 27.4 Å². The molecule has 20 heavy (non-hydrogen) atoms. The highest BCUT2D eigenvalue weighted by atomic mass is 16.5. The third-order valence-corrected chi connectivity index (χ3v) is 3.30. The molecular weight excluding hydrogens is 258 g/mol. The summed E-state index contributed by atoms with van der Waals surface area (Å²) in [6, 6.07) is 4.06. The van der Waals surface area contributed by atoms with Gasteiger partial charge in [0.2, 0.25) is 5.75 Å². The van der Waals surface area contributed by atoms with Crippen molar-refractivity contribution in [3.8, 4) is 17.2 Å². The van der Waals surface area contributed by atoms with E-state index in [9.17, 15) is 0 Å². The number of ether oxygens (including phenoxy) is 4. The molecule has 2 atom stereocenters.